The molecule has 2 unspecified atom stereocenters. The number of imidazole rings is 1. The van der Waals surface area contributed by atoms with Crippen LogP contribution >= 0.6 is 11.8 Å². The lowest BCUT2D eigenvalue weighted by Crippen LogP contribution is -2.44. The Morgan fingerprint density at radius 1 is 1.43 bits per heavy atom. The number of hydrogen-bond donors (Lipinski definition) is 2. The van der Waals surface area contributed by atoms with E-state index in [1.165, 1.54) is 0 Å². The number of aliphatic hydroxyl groups is 1. The molecule has 0 aromatic carbocycles. The molecule has 0 bridgehead atoms. The Bertz CT molecular complexity index is 742. The van der Waals surface area contributed by atoms with Crippen molar-refractivity contribution in [3.05, 3.63) is 31.0 Å². The molecular weight excluding hydrogens is 376 g/mol. The summed E-state index contributed by atoms with van der Waals surface area (Å²) < 4.78 is 1.77. The normalized spacial score (nSPS) is 18.1. The van der Waals surface area contributed by atoms with Gasteiger partial charge in [-0.1, -0.05) is 0 Å². The lowest BCUT2D eigenvalue weighted by molar-refractivity contribution is -0.122. The van der Waals surface area contributed by atoms with E-state index in [1.54, 1.807) is 35.0 Å². The van der Waals surface area contributed by atoms with E-state index < -0.39 is 6.10 Å². The third-order valence-corrected chi connectivity index (χ3v) is 5.54. The zero-order valence-corrected chi connectivity index (χ0v) is 17.0. The smallest absolute Gasteiger partial charge is 0.236 e. The number of nitrogens with zero attached hydrogens (tertiary/aromatic N) is 5. The van der Waals surface area contributed by atoms with Gasteiger partial charge in [0.05, 0.1) is 6.10 Å². The Morgan fingerprint density at radius 2 is 2.32 bits per heavy atom. The Labute approximate surface area is 169 Å². The molecule has 2 aromatic rings. The lowest BCUT2D eigenvalue weighted by Gasteiger charge is -2.36. The minimum atomic E-state index is -0.488. The number of rotatable bonds is 9. The van der Waals surface area contributed by atoms with Gasteiger partial charge in [-0.15, -0.1) is 0 Å². The summed E-state index contributed by atoms with van der Waals surface area (Å²) in [6.45, 7) is 1.18. The van der Waals surface area contributed by atoms with Crippen molar-refractivity contribution in [3.63, 3.8) is 0 Å². The van der Waals surface area contributed by atoms with Crippen LogP contribution in [0.3, 0.4) is 0 Å². The predicted molar refractivity (Wildman–Crippen MR) is 111 cm³/mol. The number of thioether (sulfide) groups is 1. The van der Waals surface area contributed by atoms with Gasteiger partial charge in [0.15, 0.2) is 0 Å². The van der Waals surface area contributed by atoms with Crippen molar-refractivity contribution < 1.29 is 9.90 Å². The average molecular weight is 405 g/mol. The SMILES string of the molecule is CSCCC(O)CNC(=O)CC1CCCCN1c1ccnc(-n2ccnc2)n1. The molecular formula is C19H28N6O2S. The summed E-state index contributed by atoms with van der Waals surface area (Å²) in [7, 11) is 0. The number of aliphatic hydroxyl groups excluding tert-OH is 1. The highest BCUT2D eigenvalue weighted by Gasteiger charge is 2.26. The third kappa shape index (κ3) is 5.68. The molecule has 9 heteroatoms. The Kier molecular flexibility index (Phi) is 7.67. The van der Waals surface area contributed by atoms with E-state index in [4.69, 9.17) is 0 Å². The number of hydrogen-bond acceptors (Lipinski definition) is 7. The van der Waals surface area contributed by atoms with Gasteiger partial charge in [-0.3, -0.25) is 9.36 Å². The number of carbonyl (C=O) groups excluding carboxylic acids is 1. The highest BCUT2D eigenvalue weighted by atomic mass is 32.2. The maximum atomic E-state index is 12.4. The monoisotopic (exact) mass is 404 g/mol. The van der Waals surface area contributed by atoms with Crippen LogP contribution < -0.4 is 10.2 Å². The summed E-state index contributed by atoms with van der Waals surface area (Å²) in [5.74, 6) is 2.27. The van der Waals surface area contributed by atoms with Crippen molar-refractivity contribution in [3.8, 4) is 5.95 Å². The molecule has 0 spiro atoms. The molecule has 0 saturated carbocycles. The van der Waals surface area contributed by atoms with E-state index in [0.29, 0.717) is 25.3 Å². The fourth-order valence-electron chi connectivity index (χ4n) is 3.39. The van der Waals surface area contributed by atoms with Gasteiger partial charge < -0.3 is 15.3 Å². The molecule has 8 nitrogen and oxygen atoms in total. The average Bonchev–Trinajstić information content (AvgIpc) is 3.26. The van der Waals surface area contributed by atoms with Crippen molar-refractivity contribution in [1.82, 2.24) is 24.8 Å². The maximum absolute atomic E-state index is 12.4. The second kappa shape index (κ2) is 10.4. The van der Waals surface area contributed by atoms with E-state index >= 15 is 0 Å². The number of aromatic nitrogens is 4. The van der Waals surface area contributed by atoms with E-state index in [-0.39, 0.29) is 11.9 Å². The molecule has 3 heterocycles. The summed E-state index contributed by atoms with van der Waals surface area (Å²) in [6.07, 6.45) is 12.7. The fourth-order valence-corrected chi connectivity index (χ4v) is 3.90. The third-order valence-electron chi connectivity index (χ3n) is 4.90. The molecule has 2 N–H and O–H groups in total. The molecule has 152 valence electrons. The molecule has 2 atom stereocenters. The Hall–Kier alpha value is -2.13. The summed E-state index contributed by atoms with van der Waals surface area (Å²) >= 11 is 1.69. The van der Waals surface area contributed by atoms with E-state index in [2.05, 4.69) is 25.2 Å². The molecule has 1 saturated heterocycles. The molecule has 1 aliphatic heterocycles. The summed E-state index contributed by atoms with van der Waals surface area (Å²) in [5.41, 5.74) is 0. The lowest BCUT2D eigenvalue weighted by atomic mass is 9.99. The van der Waals surface area contributed by atoms with Gasteiger partial charge in [0.25, 0.3) is 0 Å². The number of carbonyl (C=O) groups is 1. The molecule has 28 heavy (non-hydrogen) atoms. The molecule has 1 aliphatic rings. The summed E-state index contributed by atoms with van der Waals surface area (Å²) in [5, 5.41) is 12.8. The largest absolute Gasteiger partial charge is 0.391 e. The Balaban J connectivity index is 1.61. The van der Waals surface area contributed by atoms with Crippen LogP contribution in [0.2, 0.25) is 0 Å². The molecule has 1 amide bonds. The molecule has 2 aromatic heterocycles. The standard InChI is InChI=1S/C19H28N6O2S/c1-28-11-6-16(26)13-22-18(27)12-15-4-2-3-9-25(15)17-5-7-21-19(23-17)24-10-8-20-14-24/h5,7-8,10,14-16,26H,2-4,6,9,11-13H2,1H3,(H,22,27). The fraction of sp³-hybridized carbons (Fsp3) is 0.579. The summed E-state index contributed by atoms with van der Waals surface area (Å²) in [4.78, 5) is 27.6. The van der Waals surface area contributed by atoms with Crippen LogP contribution in [0.25, 0.3) is 5.95 Å². The predicted octanol–water partition coefficient (Wildman–Crippen LogP) is 1.64. The first-order chi connectivity index (χ1) is 13.7. The van der Waals surface area contributed by atoms with Crippen LogP contribution in [0.1, 0.15) is 32.1 Å². The molecule has 0 radical (unpaired) electrons. The molecule has 1 fully saturated rings. The Morgan fingerprint density at radius 3 is 3.11 bits per heavy atom. The van der Waals surface area contributed by atoms with E-state index in [9.17, 15) is 9.90 Å². The zero-order valence-electron chi connectivity index (χ0n) is 16.2. The highest BCUT2D eigenvalue weighted by molar-refractivity contribution is 7.98. The second-order valence-electron chi connectivity index (χ2n) is 6.97. The quantitative estimate of drug-likeness (QED) is 0.656. The van der Waals surface area contributed by atoms with Crippen LogP contribution in [0.4, 0.5) is 5.82 Å². The van der Waals surface area contributed by atoms with Gasteiger partial charge in [-0.05, 0) is 43.8 Å². The van der Waals surface area contributed by atoms with Crippen molar-refractivity contribution in [2.45, 2.75) is 44.2 Å². The second-order valence-corrected chi connectivity index (χ2v) is 7.96. The van der Waals surface area contributed by atoms with Gasteiger partial charge in [-0.25, -0.2) is 9.97 Å². The van der Waals surface area contributed by atoms with Crippen LogP contribution in [0.15, 0.2) is 31.0 Å². The zero-order chi connectivity index (χ0) is 19.8. The van der Waals surface area contributed by atoms with Crippen molar-refractivity contribution >= 4 is 23.5 Å². The molecule has 0 aliphatic carbocycles. The van der Waals surface area contributed by atoms with Crippen molar-refractivity contribution in [1.29, 1.82) is 0 Å². The van der Waals surface area contributed by atoms with Gasteiger partial charge in [0, 0.05) is 44.1 Å². The summed E-state index contributed by atoms with van der Waals surface area (Å²) in [6, 6.07) is 1.99. The van der Waals surface area contributed by atoms with Crippen molar-refractivity contribution in [2.24, 2.45) is 0 Å². The first-order valence-electron chi connectivity index (χ1n) is 9.69. The van der Waals surface area contributed by atoms with E-state index in [1.807, 2.05) is 18.5 Å². The van der Waals surface area contributed by atoms with Crippen molar-refractivity contribution in [2.75, 3.05) is 30.0 Å². The van der Waals surface area contributed by atoms with Gasteiger partial charge in [0.1, 0.15) is 12.1 Å². The number of nitrogens with one attached hydrogen (secondary N) is 1. The first-order valence-corrected chi connectivity index (χ1v) is 11.1. The van der Waals surface area contributed by atoms with Gasteiger partial charge in [-0.2, -0.15) is 16.7 Å². The van der Waals surface area contributed by atoms with Crippen LogP contribution in [0, 0.1) is 0 Å². The molecule has 3 rings (SSSR count). The minimum absolute atomic E-state index is 0.0241. The minimum Gasteiger partial charge on any atom is -0.391 e. The topological polar surface area (TPSA) is 96.2 Å². The van der Waals surface area contributed by atoms with Gasteiger partial charge in [0.2, 0.25) is 11.9 Å². The number of amides is 1. The van der Waals surface area contributed by atoms with Gasteiger partial charge >= 0.3 is 0 Å². The van der Waals surface area contributed by atoms with E-state index in [0.717, 1.165) is 37.4 Å². The number of piperidine rings is 1. The maximum Gasteiger partial charge on any atom is 0.236 e. The van der Waals surface area contributed by atoms with Crippen LogP contribution in [-0.4, -0.2) is 67.8 Å². The van der Waals surface area contributed by atoms with Crippen LogP contribution in [0.5, 0.6) is 0 Å². The highest BCUT2D eigenvalue weighted by Crippen LogP contribution is 2.25. The first kappa shape index (κ1) is 20.6. The van der Waals surface area contributed by atoms with Crippen LogP contribution in [-0.2, 0) is 4.79 Å². The number of anilines is 1.